The Morgan fingerprint density at radius 3 is 2.59 bits per heavy atom. The highest BCUT2D eigenvalue weighted by Gasteiger charge is 2.40. The van der Waals surface area contributed by atoms with Crippen LogP contribution in [-0.4, -0.2) is 10.9 Å². The van der Waals surface area contributed by atoms with Gasteiger partial charge in [-0.25, -0.2) is 4.98 Å². The molecule has 1 atom stereocenters. The first-order chi connectivity index (χ1) is 7.93. The van der Waals surface area contributed by atoms with Crippen molar-refractivity contribution in [3.05, 3.63) is 22.3 Å². The molecule has 0 spiro atoms. The van der Waals surface area contributed by atoms with E-state index < -0.39 is 0 Å². The van der Waals surface area contributed by atoms with E-state index in [1.807, 2.05) is 33.8 Å². The monoisotopic (exact) mass is 298 g/mol. The van der Waals surface area contributed by atoms with Crippen molar-refractivity contribution in [1.29, 1.82) is 0 Å². The van der Waals surface area contributed by atoms with Crippen LogP contribution < -0.4 is 5.32 Å². The van der Waals surface area contributed by atoms with Gasteiger partial charge in [0.25, 0.3) is 0 Å². The van der Waals surface area contributed by atoms with Crippen molar-refractivity contribution in [2.45, 2.75) is 40.5 Å². The topological polar surface area (TPSA) is 42.0 Å². The minimum Gasteiger partial charge on any atom is -0.310 e. The standard InChI is InChI=1S/C11H13BrN2O.C2H6/c1-6-8-4-7(12)5-13-9(8)14-10(15)11(6,2)3;1-2/h4-6H,1-3H3,(H,13,14,15);1-2H3. The van der Waals surface area contributed by atoms with Crippen LogP contribution in [0.3, 0.4) is 0 Å². The molecule has 1 aromatic rings. The molecule has 1 N–H and O–H groups in total. The van der Waals surface area contributed by atoms with E-state index in [1.165, 1.54) is 0 Å². The summed E-state index contributed by atoms with van der Waals surface area (Å²) in [7, 11) is 0. The summed E-state index contributed by atoms with van der Waals surface area (Å²) in [6.45, 7) is 9.97. The second kappa shape index (κ2) is 5.17. The van der Waals surface area contributed by atoms with Gasteiger partial charge < -0.3 is 5.32 Å². The molecule has 0 radical (unpaired) electrons. The lowest BCUT2D eigenvalue weighted by Gasteiger charge is -2.36. The number of pyridine rings is 1. The summed E-state index contributed by atoms with van der Waals surface area (Å²) in [5, 5.41) is 2.84. The molecule has 0 fully saturated rings. The first-order valence-electron chi connectivity index (χ1n) is 5.90. The maximum atomic E-state index is 11.8. The van der Waals surface area contributed by atoms with Crippen molar-refractivity contribution in [2.24, 2.45) is 5.41 Å². The van der Waals surface area contributed by atoms with Gasteiger partial charge in [0.2, 0.25) is 5.91 Å². The number of fused-ring (bicyclic) bond motifs is 1. The summed E-state index contributed by atoms with van der Waals surface area (Å²) in [6, 6.07) is 2.02. The summed E-state index contributed by atoms with van der Waals surface area (Å²) < 4.78 is 0.944. The van der Waals surface area contributed by atoms with Crippen LogP contribution in [0.2, 0.25) is 0 Å². The molecule has 17 heavy (non-hydrogen) atoms. The number of nitrogens with one attached hydrogen (secondary N) is 1. The zero-order valence-electron chi connectivity index (χ0n) is 11.0. The van der Waals surface area contributed by atoms with Crippen LogP contribution in [0.25, 0.3) is 0 Å². The van der Waals surface area contributed by atoms with Gasteiger partial charge in [0, 0.05) is 10.7 Å². The molecule has 1 unspecified atom stereocenters. The number of hydrogen-bond acceptors (Lipinski definition) is 2. The van der Waals surface area contributed by atoms with Crippen LogP contribution in [0.15, 0.2) is 16.7 Å². The number of hydrogen-bond donors (Lipinski definition) is 1. The molecular weight excluding hydrogens is 280 g/mol. The van der Waals surface area contributed by atoms with Crippen LogP contribution >= 0.6 is 15.9 Å². The smallest absolute Gasteiger partial charge is 0.231 e. The number of aromatic nitrogens is 1. The van der Waals surface area contributed by atoms with Gasteiger partial charge in [-0.1, -0.05) is 34.6 Å². The third-order valence-corrected chi connectivity index (χ3v) is 3.68. The summed E-state index contributed by atoms with van der Waals surface area (Å²) in [5.74, 6) is 0.901. The second-order valence-electron chi connectivity index (χ2n) is 4.49. The fourth-order valence-corrected chi connectivity index (χ4v) is 2.09. The van der Waals surface area contributed by atoms with Gasteiger partial charge in [-0.15, -0.1) is 0 Å². The number of carbonyl (C=O) groups excluding carboxylic acids is 1. The number of nitrogens with zero attached hydrogens (tertiary/aromatic N) is 1. The zero-order valence-corrected chi connectivity index (χ0v) is 12.6. The SMILES string of the molecule is CC.CC1c2cc(Br)cnc2NC(=O)C1(C)C. The van der Waals surface area contributed by atoms with Crippen LogP contribution in [0, 0.1) is 5.41 Å². The van der Waals surface area contributed by atoms with E-state index in [2.05, 4.69) is 33.2 Å². The fourth-order valence-electron chi connectivity index (χ4n) is 1.74. The Morgan fingerprint density at radius 2 is 2.00 bits per heavy atom. The quantitative estimate of drug-likeness (QED) is 0.788. The second-order valence-corrected chi connectivity index (χ2v) is 5.40. The van der Waals surface area contributed by atoms with Crippen molar-refractivity contribution in [2.75, 3.05) is 5.32 Å². The Labute approximate surface area is 111 Å². The number of halogens is 1. The van der Waals surface area contributed by atoms with E-state index >= 15 is 0 Å². The highest BCUT2D eigenvalue weighted by Crippen LogP contribution is 2.43. The van der Waals surface area contributed by atoms with Crippen molar-refractivity contribution < 1.29 is 4.79 Å². The fraction of sp³-hybridized carbons (Fsp3) is 0.538. The molecule has 2 rings (SSSR count). The van der Waals surface area contributed by atoms with E-state index in [1.54, 1.807) is 6.20 Å². The lowest BCUT2D eigenvalue weighted by atomic mass is 9.73. The maximum absolute atomic E-state index is 11.8. The van der Waals surface area contributed by atoms with Crippen LogP contribution in [0.1, 0.15) is 46.1 Å². The molecule has 1 aliphatic rings. The predicted molar refractivity (Wildman–Crippen MR) is 74.1 cm³/mol. The molecule has 0 saturated heterocycles. The minimum atomic E-state index is -0.379. The van der Waals surface area contributed by atoms with E-state index in [-0.39, 0.29) is 17.2 Å². The predicted octanol–water partition coefficient (Wildman–Crippen LogP) is 3.95. The summed E-state index contributed by atoms with van der Waals surface area (Å²) in [6.07, 6.45) is 1.70. The van der Waals surface area contributed by atoms with Crippen LogP contribution in [-0.2, 0) is 4.79 Å². The van der Waals surface area contributed by atoms with Gasteiger partial charge >= 0.3 is 0 Å². The minimum absolute atomic E-state index is 0.0392. The van der Waals surface area contributed by atoms with Crippen molar-refractivity contribution in [3.63, 3.8) is 0 Å². The normalized spacial score (nSPS) is 20.8. The third kappa shape index (κ3) is 2.51. The summed E-state index contributed by atoms with van der Waals surface area (Å²) in [5.41, 5.74) is 0.712. The number of rotatable bonds is 0. The summed E-state index contributed by atoms with van der Waals surface area (Å²) in [4.78, 5) is 16.0. The number of carbonyl (C=O) groups is 1. The molecule has 4 heteroatoms. The van der Waals surface area contributed by atoms with E-state index in [9.17, 15) is 4.79 Å². The van der Waals surface area contributed by atoms with Gasteiger partial charge in [0.1, 0.15) is 5.82 Å². The highest BCUT2D eigenvalue weighted by atomic mass is 79.9. The molecule has 0 bridgehead atoms. The van der Waals surface area contributed by atoms with Crippen LogP contribution in [0.4, 0.5) is 5.82 Å². The van der Waals surface area contributed by atoms with E-state index in [4.69, 9.17) is 0 Å². The Kier molecular flexibility index (Phi) is 4.31. The lowest BCUT2D eigenvalue weighted by molar-refractivity contribution is -0.125. The maximum Gasteiger partial charge on any atom is 0.231 e. The van der Waals surface area contributed by atoms with Gasteiger partial charge in [0.15, 0.2) is 0 Å². The number of amides is 1. The Morgan fingerprint density at radius 1 is 1.41 bits per heavy atom. The van der Waals surface area contributed by atoms with Gasteiger partial charge in [-0.2, -0.15) is 0 Å². The Hall–Kier alpha value is -0.900. The van der Waals surface area contributed by atoms with E-state index in [0.717, 1.165) is 10.0 Å². The Balaban J connectivity index is 0.000000686. The van der Waals surface area contributed by atoms with Gasteiger partial charge in [-0.3, -0.25) is 4.79 Å². The highest BCUT2D eigenvalue weighted by molar-refractivity contribution is 9.10. The Bertz CT molecular complexity index is 429. The molecule has 2 heterocycles. The van der Waals surface area contributed by atoms with Crippen molar-refractivity contribution >= 4 is 27.7 Å². The third-order valence-electron chi connectivity index (χ3n) is 3.25. The molecule has 3 nitrogen and oxygen atoms in total. The molecule has 0 aromatic carbocycles. The molecule has 1 aliphatic heterocycles. The van der Waals surface area contributed by atoms with E-state index in [0.29, 0.717) is 5.82 Å². The molecule has 0 saturated carbocycles. The molecule has 1 aromatic heterocycles. The van der Waals surface area contributed by atoms with Gasteiger partial charge in [-0.05, 0) is 33.5 Å². The molecule has 1 amide bonds. The van der Waals surface area contributed by atoms with Crippen molar-refractivity contribution in [3.8, 4) is 0 Å². The largest absolute Gasteiger partial charge is 0.310 e. The average molecular weight is 299 g/mol. The first-order valence-corrected chi connectivity index (χ1v) is 6.69. The zero-order chi connectivity index (χ0) is 13.2. The average Bonchev–Trinajstić information content (AvgIpc) is 2.31. The molecule has 94 valence electrons. The molecule has 0 aliphatic carbocycles. The van der Waals surface area contributed by atoms with Gasteiger partial charge in [0.05, 0.1) is 5.41 Å². The molecular formula is C13H19BrN2O. The van der Waals surface area contributed by atoms with Crippen molar-refractivity contribution in [1.82, 2.24) is 4.98 Å². The number of anilines is 1. The van der Waals surface area contributed by atoms with Crippen LogP contribution in [0.5, 0.6) is 0 Å². The lowest BCUT2D eigenvalue weighted by Crippen LogP contribution is -2.40. The summed E-state index contributed by atoms with van der Waals surface area (Å²) >= 11 is 3.40. The first kappa shape index (κ1) is 14.2.